The molecule has 1 aromatic rings. The molecule has 0 saturated carbocycles. The normalized spacial score (nSPS) is 10.1. The molecular weight excluding hydrogens is 168 g/mol. The van der Waals surface area contributed by atoms with Gasteiger partial charge < -0.3 is 5.11 Å². The quantitative estimate of drug-likeness (QED) is 0.722. The number of hydrogen-bond acceptors (Lipinski definition) is 2. The van der Waals surface area contributed by atoms with Gasteiger partial charge >= 0.3 is 0 Å². The van der Waals surface area contributed by atoms with Gasteiger partial charge in [-0.05, 0) is 35.6 Å². The van der Waals surface area contributed by atoms with E-state index in [1.54, 1.807) is 12.1 Å². The second-order valence-corrected chi connectivity index (χ2v) is 4.01. The first-order valence-corrected chi connectivity index (χ1v) is 5.34. The summed E-state index contributed by atoms with van der Waals surface area (Å²) in [5.41, 5.74) is 1.30. The van der Waals surface area contributed by atoms with Gasteiger partial charge in [-0.15, -0.1) is 0 Å². The molecule has 0 aromatic heterocycles. The number of phenolic OH excluding ortho intramolecular Hbond substituents is 1. The topological polar surface area (TPSA) is 20.2 Å². The first-order valence-electron chi connectivity index (χ1n) is 4.18. The molecule has 0 aliphatic rings. The fourth-order valence-corrected chi connectivity index (χ4v) is 1.67. The Hall–Kier alpha value is -0.630. The van der Waals surface area contributed by atoms with E-state index < -0.39 is 0 Å². The maximum Gasteiger partial charge on any atom is 0.115 e. The molecule has 0 radical (unpaired) electrons. The minimum absolute atomic E-state index is 0.349. The van der Waals surface area contributed by atoms with Crippen molar-refractivity contribution in [2.75, 3.05) is 11.5 Å². The molecule has 0 amide bonds. The molecule has 2 heteroatoms. The zero-order valence-electron chi connectivity index (χ0n) is 7.29. The summed E-state index contributed by atoms with van der Waals surface area (Å²) >= 11 is 1.94. The van der Waals surface area contributed by atoms with Gasteiger partial charge in [-0.2, -0.15) is 11.8 Å². The smallest absolute Gasteiger partial charge is 0.115 e. The lowest BCUT2D eigenvalue weighted by molar-refractivity contribution is 0.475. The summed E-state index contributed by atoms with van der Waals surface area (Å²) in [7, 11) is 0. The van der Waals surface area contributed by atoms with Gasteiger partial charge in [0.2, 0.25) is 0 Å². The van der Waals surface area contributed by atoms with Gasteiger partial charge in [-0.25, -0.2) is 0 Å². The predicted molar refractivity (Wildman–Crippen MR) is 54.8 cm³/mol. The van der Waals surface area contributed by atoms with E-state index >= 15 is 0 Å². The van der Waals surface area contributed by atoms with Crippen LogP contribution in [0.3, 0.4) is 0 Å². The van der Waals surface area contributed by atoms with E-state index in [4.69, 9.17) is 5.11 Å². The van der Waals surface area contributed by atoms with E-state index in [1.807, 2.05) is 23.9 Å². The Labute approximate surface area is 77.8 Å². The summed E-state index contributed by atoms with van der Waals surface area (Å²) in [5, 5.41) is 9.02. The van der Waals surface area contributed by atoms with Crippen LogP contribution in [-0.2, 0) is 6.42 Å². The number of benzene rings is 1. The van der Waals surface area contributed by atoms with Crippen molar-refractivity contribution < 1.29 is 5.11 Å². The first-order chi connectivity index (χ1) is 5.83. The average molecular weight is 182 g/mol. The molecule has 0 aliphatic carbocycles. The Morgan fingerprint density at radius 2 is 1.92 bits per heavy atom. The number of aryl methyl sites for hydroxylation is 1. The van der Waals surface area contributed by atoms with Gasteiger partial charge in [0, 0.05) is 0 Å². The Bertz CT molecular complexity index is 218. The Morgan fingerprint density at radius 3 is 2.50 bits per heavy atom. The summed E-state index contributed by atoms with van der Waals surface area (Å²) in [6.45, 7) is 2.17. The van der Waals surface area contributed by atoms with Crippen molar-refractivity contribution in [1.82, 2.24) is 0 Å². The average Bonchev–Trinajstić information content (AvgIpc) is 2.09. The minimum Gasteiger partial charge on any atom is -0.508 e. The molecule has 0 atom stereocenters. The van der Waals surface area contributed by atoms with Gasteiger partial charge in [0.1, 0.15) is 5.75 Å². The third-order valence-electron chi connectivity index (χ3n) is 1.68. The number of aromatic hydroxyl groups is 1. The van der Waals surface area contributed by atoms with Crippen LogP contribution in [0, 0.1) is 0 Å². The Morgan fingerprint density at radius 1 is 1.25 bits per heavy atom. The highest BCUT2D eigenvalue weighted by Gasteiger charge is 1.92. The van der Waals surface area contributed by atoms with Crippen LogP contribution in [0.2, 0.25) is 0 Å². The van der Waals surface area contributed by atoms with Crippen molar-refractivity contribution in [3.8, 4) is 5.75 Å². The van der Waals surface area contributed by atoms with Crippen LogP contribution in [0.5, 0.6) is 5.75 Å². The second kappa shape index (κ2) is 5.09. The lowest BCUT2D eigenvalue weighted by atomic mass is 10.2. The third-order valence-corrected chi connectivity index (χ3v) is 2.58. The molecule has 0 unspecified atom stereocenters. The van der Waals surface area contributed by atoms with Crippen molar-refractivity contribution in [3.63, 3.8) is 0 Å². The molecular formula is C10H14OS. The van der Waals surface area contributed by atoms with Crippen molar-refractivity contribution in [1.29, 1.82) is 0 Å². The molecule has 0 bridgehead atoms. The Kier molecular flexibility index (Phi) is 4.01. The monoisotopic (exact) mass is 182 g/mol. The maximum atomic E-state index is 9.02. The van der Waals surface area contributed by atoms with Gasteiger partial charge in [0.05, 0.1) is 0 Å². The van der Waals surface area contributed by atoms with E-state index in [9.17, 15) is 0 Å². The van der Waals surface area contributed by atoms with Gasteiger partial charge in [0.15, 0.2) is 0 Å². The highest BCUT2D eigenvalue weighted by molar-refractivity contribution is 7.99. The Balaban J connectivity index is 2.37. The molecule has 0 saturated heterocycles. The van der Waals surface area contributed by atoms with Crippen LogP contribution in [0.4, 0.5) is 0 Å². The molecule has 0 fully saturated rings. The molecule has 1 aromatic carbocycles. The molecule has 66 valence electrons. The van der Waals surface area contributed by atoms with Crippen LogP contribution < -0.4 is 0 Å². The van der Waals surface area contributed by atoms with Crippen molar-refractivity contribution in [2.24, 2.45) is 0 Å². The summed E-state index contributed by atoms with van der Waals surface area (Å²) in [5.74, 6) is 2.70. The molecule has 0 spiro atoms. The van der Waals surface area contributed by atoms with E-state index in [2.05, 4.69) is 6.92 Å². The van der Waals surface area contributed by atoms with Crippen LogP contribution in [0.1, 0.15) is 12.5 Å². The van der Waals surface area contributed by atoms with Crippen molar-refractivity contribution >= 4 is 11.8 Å². The fourth-order valence-electron chi connectivity index (χ4n) is 0.997. The van der Waals surface area contributed by atoms with Crippen molar-refractivity contribution in [2.45, 2.75) is 13.3 Å². The maximum absolute atomic E-state index is 9.02. The zero-order chi connectivity index (χ0) is 8.81. The third kappa shape index (κ3) is 3.18. The summed E-state index contributed by atoms with van der Waals surface area (Å²) < 4.78 is 0. The number of hydrogen-bond donors (Lipinski definition) is 1. The van der Waals surface area contributed by atoms with Crippen LogP contribution in [-0.4, -0.2) is 16.6 Å². The van der Waals surface area contributed by atoms with E-state index in [0.29, 0.717) is 5.75 Å². The van der Waals surface area contributed by atoms with Crippen molar-refractivity contribution in [3.05, 3.63) is 29.8 Å². The summed E-state index contributed by atoms with van der Waals surface area (Å²) in [6.07, 6.45) is 1.10. The van der Waals surface area contributed by atoms with Crippen LogP contribution in [0.25, 0.3) is 0 Å². The van der Waals surface area contributed by atoms with Crippen LogP contribution >= 0.6 is 11.8 Å². The highest BCUT2D eigenvalue weighted by atomic mass is 32.2. The molecule has 12 heavy (non-hydrogen) atoms. The molecule has 1 rings (SSSR count). The van der Waals surface area contributed by atoms with Crippen LogP contribution in [0.15, 0.2) is 24.3 Å². The van der Waals surface area contributed by atoms with Gasteiger partial charge in [-0.1, -0.05) is 19.1 Å². The molecule has 1 N–H and O–H groups in total. The standard InChI is InChI=1S/C10H14OS/c1-2-12-8-7-9-3-5-10(11)6-4-9/h3-6,11H,2,7-8H2,1H3. The number of phenols is 1. The van der Waals surface area contributed by atoms with E-state index in [1.165, 1.54) is 17.1 Å². The SMILES string of the molecule is CCSCCc1ccc(O)cc1. The second-order valence-electron chi connectivity index (χ2n) is 2.61. The molecule has 0 heterocycles. The van der Waals surface area contributed by atoms with Gasteiger partial charge in [0.25, 0.3) is 0 Å². The zero-order valence-corrected chi connectivity index (χ0v) is 8.10. The molecule has 0 aliphatic heterocycles. The fraction of sp³-hybridized carbons (Fsp3) is 0.400. The summed E-state index contributed by atoms with van der Waals surface area (Å²) in [4.78, 5) is 0. The largest absolute Gasteiger partial charge is 0.508 e. The van der Waals surface area contributed by atoms with E-state index in [0.717, 1.165) is 6.42 Å². The predicted octanol–water partition coefficient (Wildman–Crippen LogP) is 2.69. The lowest BCUT2D eigenvalue weighted by Gasteiger charge is -1.99. The lowest BCUT2D eigenvalue weighted by Crippen LogP contribution is -1.87. The first kappa shape index (κ1) is 9.46. The van der Waals surface area contributed by atoms with Gasteiger partial charge in [-0.3, -0.25) is 0 Å². The number of rotatable bonds is 4. The minimum atomic E-state index is 0.349. The molecule has 1 nitrogen and oxygen atoms in total. The van der Waals surface area contributed by atoms with E-state index in [-0.39, 0.29) is 0 Å². The number of thioether (sulfide) groups is 1. The highest BCUT2D eigenvalue weighted by Crippen LogP contribution is 2.11. The summed E-state index contributed by atoms with van der Waals surface area (Å²) in [6, 6.07) is 7.44.